The van der Waals surface area contributed by atoms with E-state index < -0.39 is 10.0 Å². The van der Waals surface area contributed by atoms with E-state index in [-0.39, 0.29) is 22.9 Å². The van der Waals surface area contributed by atoms with E-state index in [0.29, 0.717) is 12.1 Å². The standard InChI is InChI=1S/C23H31N3O3S/c1-18(2)25(3)30(28,29)21-13-11-20(12-14-21)23(27)24-17-22(26-15-7-8-16-26)19-9-5-4-6-10-19/h4-6,9-14,18,22H,7-8,15-17H2,1-3H3,(H,24,27). The maximum Gasteiger partial charge on any atom is 0.251 e. The highest BCUT2D eigenvalue weighted by Crippen LogP contribution is 2.24. The van der Waals surface area contributed by atoms with Gasteiger partial charge in [-0.25, -0.2) is 8.42 Å². The van der Waals surface area contributed by atoms with Crippen molar-refractivity contribution in [3.63, 3.8) is 0 Å². The summed E-state index contributed by atoms with van der Waals surface area (Å²) in [7, 11) is -2.00. The van der Waals surface area contributed by atoms with Gasteiger partial charge >= 0.3 is 0 Å². The smallest absolute Gasteiger partial charge is 0.251 e. The SMILES string of the molecule is CC(C)N(C)S(=O)(=O)c1ccc(C(=O)NCC(c2ccccc2)N2CCCC2)cc1. The molecule has 30 heavy (non-hydrogen) atoms. The molecule has 162 valence electrons. The average Bonchev–Trinajstić information content (AvgIpc) is 3.28. The van der Waals surface area contributed by atoms with E-state index in [0.717, 1.165) is 13.1 Å². The molecule has 0 aliphatic carbocycles. The highest BCUT2D eigenvalue weighted by atomic mass is 32.2. The molecule has 2 aromatic carbocycles. The van der Waals surface area contributed by atoms with Crippen LogP contribution in [0, 0.1) is 0 Å². The van der Waals surface area contributed by atoms with Crippen molar-refractivity contribution in [1.82, 2.24) is 14.5 Å². The van der Waals surface area contributed by atoms with Crippen molar-refractivity contribution < 1.29 is 13.2 Å². The third kappa shape index (κ3) is 5.09. The maximum atomic E-state index is 12.7. The minimum atomic E-state index is -3.56. The quantitative estimate of drug-likeness (QED) is 0.699. The molecule has 1 atom stereocenters. The van der Waals surface area contributed by atoms with Crippen LogP contribution < -0.4 is 5.32 Å². The molecule has 7 heteroatoms. The fourth-order valence-electron chi connectivity index (χ4n) is 3.70. The first kappa shape index (κ1) is 22.5. The third-order valence-electron chi connectivity index (χ3n) is 5.74. The molecular weight excluding hydrogens is 398 g/mol. The van der Waals surface area contributed by atoms with Crippen molar-refractivity contribution in [2.75, 3.05) is 26.7 Å². The molecule has 0 saturated carbocycles. The Hall–Kier alpha value is -2.22. The van der Waals surface area contributed by atoms with Crippen LogP contribution in [-0.4, -0.2) is 56.3 Å². The number of likely N-dealkylation sites (tertiary alicyclic amines) is 1. The molecule has 0 bridgehead atoms. The van der Waals surface area contributed by atoms with Gasteiger partial charge in [0.25, 0.3) is 5.91 Å². The van der Waals surface area contributed by atoms with E-state index in [9.17, 15) is 13.2 Å². The summed E-state index contributed by atoms with van der Waals surface area (Å²) in [6.07, 6.45) is 2.36. The van der Waals surface area contributed by atoms with Crippen molar-refractivity contribution in [2.45, 2.75) is 43.7 Å². The van der Waals surface area contributed by atoms with Crippen LogP contribution in [0.5, 0.6) is 0 Å². The molecule has 3 rings (SSSR count). The zero-order chi connectivity index (χ0) is 21.7. The average molecular weight is 430 g/mol. The number of carbonyl (C=O) groups excluding carboxylic acids is 1. The van der Waals surface area contributed by atoms with Gasteiger partial charge in [-0.1, -0.05) is 30.3 Å². The first-order valence-corrected chi connectivity index (χ1v) is 11.9. The van der Waals surface area contributed by atoms with Gasteiger partial charge < -0.3 is 5.32 Å². The lowest BCUT2D eigenvalue weighted by Gasteiger charge is -2.28. The van der Waals surface area contributed by atoms with Gasteiger partial charge in [0.1, 0.15) is 0 Å². The molecule has 1 heterocycles. The minimum absolute atomic E-state index is 0.136. The van der Waals surface area contributed by atoms with Crippen molar-refractivity contribution in [1.29, 1.82) is 0 Å². The van der Waals surface area contributed by atoms with Crippen LogP contribution in [0.15, 0.2) is 59.5 Å². The van der Waals surface area contributed by atoms with Gasteiger partial charge in [0.15, 0.2) is 0 Å². The fourth-order valence-corrected chi connectivity index (χ4v) is 5.07. The van der Waals surface area contributed by atoms with Gasteiger partial charge in [0.05, 0.1) is 10.9 Å². The monoisotopic (exact) mass is 429 g/mol. The van der Waals surface area contributed by atoms with E-state index in [1.165, 1.54) is 34.8 Å². The molecule has 0 radical (unpaired) electrons. The number of amides is 1. The lowest BCUT2D eigenvalue weighted by Crippen LogP contribution is -2.36. The second-order valence-corrected chi connectivity index (χ2v) is 10.0. The van der Waals surface area contributed by atoms with Gasteiger partial charge in [0.2, 0.25) is 10.0 Å². The highest BCUT2D eigenvalue weighted by Gasteiger charge is 2.25. The molecular formula is C23H31N3O3S. The highest BCUT2D eigenvalue weighted by molar-refractivity contribution is 7.89. The number of hydrogen-bond donors (Lipinski definition) is 1. The summed E-state index contributed by atoms with van der Waals surface area (Å²) >= 11 is 0. The van der Waals surface area contributed by atoms with E-state index in [1.807, 2.05) is 32.0 Å². The Morgan fingerprint density at radius 2 is 1.63 bits per heavy atom. The molecule has 1 unspecified atom stereocenters. The van der Waals surface area contributed by atoms with Crippen LogP contribution in [0.4, 0.5) is 0 Å². The van der Waals surface area contributed by atoms with Gasteiger partial charge in [-0.3, -0.25) is 9.69 Å². The molecule has 0 spiro atoms. The molecule has 0 aromatic heterocycles. The predicted molar refractivity (Wildman–Crippen MR) is 119 cm³/mol. The maximum absolute atomic E-state index is 12.7. The van der Waals surface area contributed by atoms with Gasteiger partial charge in [-0.05, 0) is 69.6 Å². The largest absolute Gasteiger partial charge is 0.350 e. The van der Waals surface area contributed by atoms with Gasteiger partial charge in [-0.15, -0.1) is 0 Å². The summed E-state index contributed by atoms with van der Waals surface area (Å²) in [5, 5.41) is 3.03. The number of benzene rings is 2. The van der Waals surface area contributed by atoms with Gasteiger partial charge in [0, 0.05) is 25.2 Å². The van der Waals surface area contributed by atoms with E-state index in [2.05, 4.69) is 22.3 Å². The Morgan fingerprint density at radius 3 is 2.20 bits per heavy atom. The normalized spacial score (nSPS) is 16.2. The zero-order valence-electron chi connectivity index (χ0n) is 17.9. The Morgan fingerprint density at radius 1 is 1.03 bits per heavy atom. The Labute approximate surface area is 179 Å². The summed E-state index contributed by atoms with van der Waals surface area (Å²) in [6, 6.07) is 16.4. The molecule has 1 aliphatic rings. The zero-order valence-corrected chi connectivity index (χ0v) is 18.7. The van der Waals surface area contributed by atoms with Crippen LogP contribution >= 0.6 is 0 Å². The van der Waals surface area contributed by atoms with Crippen molar-refractivity contribution in [3.05, 3.63) is 65.7 Å². The second kappa shape index (κ2) is 9.73. The first-order chi connectivity index (χ1) is 14.3. The molecule has 1 N–H and O–H groups in total. The van der Waals surface area contributed by atoms with Crippen LogP contribution in [0.3, 0.4) is 0 Å². The number of nitrogens with zero attached hydrogens (tertiary/aromatic N) is 2. The number of carbonyl (C=O) groups is 1. The summed E-state index contributed by atoms with van der Waals surface area (Å²) in [4.78, 5) is 15.3. The minimum Gasteiger partial charge on any atom is -0.350 e. The van der Waals surface area contributed by atoms with Crippen LogP contribution in [0.25, 0.3) is 0 Å². The Kier molecular flexibility index (Phi) is 7.28. The Balaban J connectivity index is 1.69. The summed E-state index contributed by atoms with van der Waals surface area (Å²) in [5.74, 6) is -0.198. The lowest BCUT2D eigenvalue weighted by molar-refractivity contribution is 0.0938. The third-order valence-corrected chi connectivity index (χ3v) is 7.79. The number of nitrogens with one attached hydrogen (secondary N) is 1. The number of hydrogen-bond acceptors (Lipinski definition) is 4. The fraction of sp³-hybridized carbons (Fsp3) is 0.435. The van der Waals surface area contributed by atoms with Gasteiger partial charge in [-0.2, -0.15) is 4.31 Å². The summed E-state index contributed by atoms with van der Waals surface area (Å²) < 4.78 is 26.5. The van der Waals surface area contributed by atoms with Crippen molar-refractivity contribution >= 4 is 15.9 Å². The Bertz CT molecular complexity index is 937. The molecule has 2 aromatic rings. The van der Waals surface area contributed by atoms with Crippen LogP contribution in [0.1, 0.15) is 48.7 Å². The van der Waals surface area contributed by atoms with Crippen LogP contribution in [-0.2, 0) is 10.0 Å². The second-order valence-electron chi connectivity index (χ2n) is 8.02. The van der Waals surface area contributed by atoms with Crippen molar-refractivity contribution in [3.8, 4) is 0 Å². The molecule has 6 nitrogen and oxygen atoms in total. The predicted octanol–water partition coefficient (Wildman–Crippen LogP) is 3.28. The number of rotatable bonds is 8. The summed E-state index contributed by atoms with van der Waals surface area (Å²) in [6.45, 7) is 6.22. The first-order valence-electron chi connectivity index (χ1n) is 10.5. The molecule has 1 fully saturated rings. The lowest BCUT2D eigenvalue weighted by atomic mass is 10.1. The molecule has 1 amide bonds. The molecule has 1 aliphatic heterocycles. The topological polar surface area (TPSA) is 69.7 Å². The van der Waals surface area contributed by atoms with E-state index in [1.54, 1.807) is 19.2 Å². The summed E-state index contributed by atoms with van der Waals surface area (Å²) in [5.41, 5.74) is 1.65. The molecule has 1 saturated heterocycles. The van der Waals surface area contributed by atoms with E-state index >= 15 is 0 Å². The van der Waals surface area contributed by atoms with Crippen LogP contribution in [0.2, 0.25) is 0 Å². The van der Waals surface area contributed by atoms with E-state index in [4.69, 9.17) is 0 Å². The van der Waals surface area contributed by atoms with Crippen molar-refractivity contribution in [2.24, 2.45) is 0 Å². The number of sulfonamides is 1.